The maximum Gasteiger partial charge on any atom is 0.187 e. The molecule has 3 aromatic carbocycles. The zero-order chi connectivity index (χ0) is 18.8. The quantitative estimate of drug-likeness (QED) is 0.511. The molecule has 0 aliphatic carbocycles. The minimum Gasteiger partial charge on any atom is -0.369 e. The van der Waals surface area contributed by atoms with Gasteiger partial charge in [-0.1, -0.05) is 42.5 Å². The number of thiazole rings is 1. The van der Waals surface area contributed by atoms with Gasteiger partial charge in [-0.2, -0.15) is 0 Å². The lowest BCUT2D eigenvalue weighted by Crippen LogP contribution is -2.43. The predicted octanol–water partition coefficient (Wildman–Crippen LogP) is 5.12. The van der Waals surface area contributed by atoms with Gasteiger partial charge in [-0.15, -0.1) is 11.3 Å². The third kappa shape index (κ3) is 3.59. The van der Waals surface area contributed by atoms with Crippen LogP contribution < -0.4 is 15.5 Å². The van der Waals surface area contributed by atoms with Crippen LogP contribution in [0.2, 0.25) is 0 Å². The molecule has 0 bridgehead atoms. The summed E-state index contributed by atoms with van der Waals surface area (Å²) in [6.07, 6.45) is 0. The van der Waals surface area contributed by atoms with Crippen molar-refractivity contribution < 1.29 is 0 Å². The maximum atomic E-state index is 4.78. The van der Waals surface area contributed by atoms with Gasteiger partial charge in [0.1, 0.15) is 0 Å². The van der Waals surface area contributed by atoms with Crippen molar-refractivity contribution >= 4 is 38.6 Å². The standard InChI is InChI=1S/C23H22N4S/c1-2-4-19-15-20(8-5-17(19)3-1)25-23-26-22(16-28-23)18-6-9-21(10-7-18)27-13-11-24-12-14-27/h1-10,15-16,24H,11-14H2,(H,25,26). The number of rotatable bonds is 4. The van der Waals surface area contributed by atoms with Gasteiger partial charge in [-0.05, 0) is 35.0 Å². The third-order valence-corrected chi connectivity index (χ3v) is 5.91. The molecule has 0 amide bonds. The number of fused-ring (bicyclic) bond motifs is 1. The molecular weight excluding hydrogens is 364 g/mol. The Morgan fingerprint density at radius 3 is 2.50 bits per heavy atom. The molecule has 1 aliphatic rings. The average molecular weight is 387 g/mol. The van der Waals surface area contributed by atoms with Crippen molar-refractivity contribution in [3.05, 3.63) is 72.1 Å². The fraction of sp³-hybridized carbons (Fsp3) is 0.174. The van der Waals surface area contributed by atoms with Gasteiger partial charge in [0.15, 0.2) is 5.13 Å². The van der Waals surface area contributed by atoms with E-state index in [1.807, 2.05) is 0 Å². The average Bonchev–Trinajstić information content (AvgIpc) is 3.23. The third-order valence-electron chi connectivity index (χ3n) is 5.15. The van der Waals surface area contributed by atoms with Crippen LogP contribution in [-0.2, 0) is 0 Å². The lowest BCUT2D eigenvalue weighted by atomic mass is 10.1. The summed E-state index contributed by atoms with van der Waals surface area (Å²) in [6, 6.07) is 23.6. The number of nitrogens with one attached hydrogen (secondary N) is 2. The highest BCUT2D eigenvalue weighted by Gasteiger charge is 2.11. The Hall–Kier alpha value is -2.89. The van der Waals surface area contributed by atoms with E-state index in [0.29, 0.717) is 0 Å². The van der Waals surface area contributed by atoms with Crippen molar-refractivity contribution in [2.45, 2.75) is 0 Å². The Bertz CT molecular complexity index is 1080. The summed E-state index contributed by atoms with van der Waals surface area (Å²) in [7, 11) is 0. The smallest absolute Gasteiger partial charge is 0.187 e. The Morgan fingerprint density at radius 2 is 1.68 bits per heavy atom. The number of benzene rings is 3. The second-order valence-electron chi connectivity index (χ2n) is 7.01. The minimum absolute atomic E-state index is 0.913. The van der Waals surface area contributed by atoms with Crippen LogP contribution in [0.1, 0.15) is 0 Å². The molecule has 2 N–H and O–H groups in total. The van der Waals surface area contributed by atoms with Gasteiger partial charge in [-0.3, -0.25) is 0 Å². The summed E-state index contributed by atoms with van der Waals surface area (Å²) >= 11 is 1.64. The van der Waals surface area contributed by atoms with Crippen LogP contribution in [0.4, 0.5) is 16.5 Å². The molecule has 140 valence electrons. The number of hydrogen-bond acceptors (Lipinski definition) is 5. The van der Waals surface area contributed by atoms with Gasteiger partial charge in [0.05, 0.1) is 5.69 Å². The molecule has 0 spiro atoms. The summed E-state index contributed by atoms with van der Waals surface area (Å²) in [5.74, 6) is 0. The van der Waals surface area contributed by atoms with Crippen LogP contribution >= 0.6 is 11.3 Å². The largest absolute Gasteiger partial charge is 0.369 e. The highest BCUT2D eigenvalue weighted by molar-refractivity contribution is 7.14. The molecule has 28 heavy (non-hydrogen) atoms. The van der Waals surface area contributed by atoms with Gasteiger partial charge in [0, 0.05) is 48.5 Å². The Morgan fingerprint density at radius 1 is 0.893 bits per heavy atom. The van der Waals surface area contributed by atoms with Crippen molar-refractivity contribution in [2.24, 2.45) is 0 Å². The number of aromatic nitrogens is 1. The van der Waals surface area contributed by atoms with Crippen LogP contribution in [-0.4, -0.2) is 31.2 Å². The first-order valence-electron chi connectivity index (χ1n) is 9.63. The lowest BCUT2D eigenvalue weighted by Gasteiger charge is -2.29. The van der Waals surface area contributed by atoms with Gasteiger partial charge in [0.2, 0.25) is 0 Å². The molecule has 1 aromatic heterocycles. The molecule has 4 nitrogen and oxygen atoms in total. The Labute approximate surface area is 168 Å². The summed E-state index contributed by atoms with van der Waals surface area (Å²) < 4.78 is 0. The highest BCUT2D eigenvalue weighted by Crippen LogP contribution is 2.29. The number of piperazine rings is 1. The second-order valence-corrected chi connectivity index (χ2v) is 7.87. The van der Waals surface area contributed by atoms with E-state index in [4.69, 9.17) is 4.98 Å². The fourth-order valence-electron chi connectivity index (χ4n) is 3.62. The SMILES string of the molecule is c1ccc2cc(Nc3nc(-c4ccc(N5CCNCC5)cc4)cs3)ccc2c1. The molecule has 0 atom stereocenters. The molecule has 5 rings (SSSR count). The molecule has 0 saturated carbocycles. The number of hydrogen-bond donors (Lipinski definition) is 2. The summed E-state index contributed by atoms with van der Waals surface area (Å²) in [5.41, 5.74) is 4.52. The minimum atomic E-state index is 0.913. The zero-order valence-electron chi connectivity index (χ0n) is 15.6. The first-order chi connectivity index (χ1) is 13.8. The molecule has 2 heterocycles. The van der Waals surface area contributed by atoms with Crippen molar-refractivity contribution in [3.8, 4) is 11.3 Å². The van der Waals surface area contributed by atoms with E-state index in [1.165, 1.54) is 16.5 Å². The maximum absolute atomic E-state index is 4.78. The monoisotopic (exact) mass is 386 g/mol. The van der Waals surface area contributed by atoms with Gasteiger partial charge >= 0.3 is 0 Å². The second kappa shape index (κ2) is 7.62. The predicted molar refractivity (Wildman–Crippen MR) is 120 cm³/mol. The molecule has 1 fully saturated rings. The Balaban J connectivity index is 1.32. The van der Waals surface area contributed by atoms with Crippen molar-refractivity contribution in [1.29, 1.82) is 0 Å². The lowest BCUT2D eigenvalue weighted by molar-refractivity contribution is 0.589. The van der Waals surface area contributed by atoms with Gasteiger partial charge < -0.3 is 15.5 Å². The highest BCUT2D eigenvalue weighted by atomic mass is 32.1. The zero-order valence-corrected chi connectivity index (χ0v) is 16.4. The number of anilines is 3. The van der Waals surface area contributed by atoms with Crippen LogP contribution in [0.5, 0.6) is 0 Å². The van der Waals surface area contributed by atoms with E-state index < -0.39 is 0 Å². The first kappa shape index (κ1) is 17.2. The van der Waals surface area contributed by atoms with Crippen LogP contribution in [0.25, 0.3) is 22.0 Å². The molecule has 0 unspecified atom stereocenters. The van der Waals surface area contributed by atoms with Gasteiger partial charge in [-0.25, -0.2) is 4.98 Å². The van der Waals surface area contributed by atoms with Crippen LogP contribution in [0.15, 0.2) is 72.1 Å². The summed E-state index contributed by atoms with van der Waals surface area (Å²) in [6.45, 7) is 4.24. The van der Waals surface area contributed by atoms with Crippen LogP contribution in [0.3, 0.4) is 0 Å². The molecule has 4 aromatic rings. The molecule has 0 radical (unpaired) electrons. The molecule has 1 saturated heterocycles. The molecule has 1 aliphatic heterocycles. The van der Waals surface area contributed by atoms with E-state index in [-0.39, 0.29) is 0 Å². The van der Waals surface area contributed by atoms with Crippen LogP contribution in [0, 0.1) is 0 Å². The normalized spacial score (nSPS) is 14.4. The van der Waals surface area contributed by atoms with Gasteiger partial charge in [0.25, 0.3) is 0 Å². The van der Waals surface area contributed by atoms with Crippen molar-refractivity contribution in [3.63, 3.8) is 0 Å². The fourth-order valence-corrected chi connectivity index (χ4v) is 4.36. The van der Waals surface area contributed by atoms with E-state index in [2.05, 4.69) is 87.6 Å². The van der Waals surface area contributed by atoms with Crippen molar-refractivity contribution in [1.82, 2.24) is 10.3 Å². The van der Waals surface area contributed by atoms with E-state index >= 15 is 0 Å². The summed E-state index contributed by atoms with van der Waals surface area (Å²) in [4.78, 5) is 7.21. The molecular formula is C23H22N4S. The van der Waals surface area contributed by atoms with Crippen molar-refractivity contribution in [2.75, 3.05) is 36.4 Å². The van der Waals surface area contributed by atoms with E-state index in [1.54, 1.807) is 11.3 Å². The molecule has 5 heteroatoms. The topological polar surface area (TPSA) is 40.2 Å². The first-order valence-corrected chi connectivity index (χ1v) is 10.5. The van der Waals surface area contributed by atoms with E-state index in [0.717, 1.165) is 48.3 Å². The summed E-state index contributed by atoms with van der Waals surface area (Å²) in [5, 5.41) is 12.3. The Kier molecular flexibility index (Phi) is 4.69. The van der Waals surface area contributed by atoms with E-state index in [9.17, 15) is 0 Å². The number of nitrogens with zero attached hydrogens (tertiary/aromatic N) is 2.